The highest BCUT2D eigenvalue weighted by atomic mass is 16.2. The Morgan fingerprint density at radius 2 is 1.81 bits per heavy atom. The summed E-state index contributed by atoms with van der Waals surface area (Å²) in [5, 5.41) is 3.32. The third-order valence-electron chi connectivity index (χ3n) is 4.28. The highest BCUT2D eigenvalue weighted by Crippen LogP contribution is 2.15. The zero-order valence-electron chi connectivity index (χ0n) is 15.7. The number of nitrogens with zero attached hydrogens (tertiary/aromatic N) is 3. The topological polar surface area (TPSA) is 58.1 Å². The van der Waals surface area contributed by atoms with Crippen LogP contribution in [0.1, 0.15) is 35.5 Å². The van der Waals surface area contributed by atoms with Crippen molar-refractivity contribution >= 4 is 11.6 Å². The molecule has 1 amide bonds. The number of aromatic nitrogens is 2. The van der Waals surface area contributed by atoms with Gasteiger partial charge in [0.15, 0.2) is 0 Å². The molecule has 0 atom stereocenters. The molecule has 0 radical (unpaired) electrons. The van der Waals surface area contributed by atoms with Crippen molar-refractivity contribution in [2.24, 2.45) is 0 Å². The molecule has 0 unspecified atom stereocenters. The van der Waals surface area contributed by atoms with Crippen LogP contribution in [0.3, 0.4) is 0 Å². The van der Waals surface area contributed by atoms with Crippen LogP contribution in [0.2, 0.25) is 0 Å². The van der Waals surface area contributed by atoms with Gasteiger partial charge in [-0.2, -0.15) is 0 Å². The molecular weight excluding hydrogens is 336 g/mol. The van der Waals surface area contributed by atoms with Gasteiger partial charge < -0.3 is 10.2 Å². The number of amides is 1. The lowest BCUT2D eigenvalue weighted by atomic mass is 10.1. The largest absolute Gasteiger partial charge is 0.381 e. The van der Waals surface area contributed by atoms with Crippen molar-refractivity contribution in [1.82, 2.24) is 14.9 Å². The minimum absolute atomic E-state index is 0.0705. The Morgan fingerprint density at radius 1 is 1.04 bits per heavy atom. The summed E-state index contributed by atoms with van der Waals surface area (Å²) >= 11 is 0. The number of carbonyl (C=O) groups is 1. The quantitative estimate of drug-likeness (QED) is 0.688. The molecular formula is C22H24N4O. The van der Waals surface area contributed by atoms with Crippen LogP contribution < -0.4 is 5.32 Å². The number of anilines is 1. The molecule has 0 saturated carbocycles. The molecule has 0 aliphatic rings. The van der Waals surface area contributed by atoms with E-state index in [-0.39, 0.29) is 11.9 Å². The van der Waals surface area contributed by atoms with Crippen LogP contribution in [0.5, 0.6) is 0 Å². The van der Waals surface area contributed by atoms with Gasteiger partial charge in [0.2, 0.25) is 0 Å². The summed E-state index contributed by atoms with van der Waals surface area (Å²) in [6.07, 6.45) is 5.24. The summed E-state index contributed by atoms with van der Waals surface area (Å²) in [7, 11) is 0. The molecule has 3 rings (SSSR count). The van der Waals surface area contributed by atoms with Crippen molar-refractivity contribution in [2.75, 3.05) is 5.32 Å². The van der Waals surface area contributed by atoms with Crippen LogP contribution in [0.25, 0.3) is 0 Å². The molecule has 2 aromatic heterocycles. The molecule has 5 nitrogen and oxygen atoms in total. The molecule has 0 spiro atoms. The smallest absolute Gasteiger partial charge is 0.273 e. The van der Waals surface area contributed by atoms with Gasteiger partial charge in [-0.1, -0.05) is 36.4 Å². The summed E-state index contributed by atoms with van der Waals surface area (Å²) in [6, 6.07) is 17.7. The minimum Gasteiger partial charge on any atom is -0.381 e. The Labute approximate surface area is 160 Å². The lowest BCUT2D eigenvalue weighted by Gasteiger charge is -2.26. The molecule has 3 aromatic rings. The number of hydrogen-bond acceptors (Lipinski definition) is 4. The summed E-state index contributed by atoms with van der Waals surface area (Å²) in [6.45, 7) is 5.24. The van der Waals surface area contributed by atoms with Gasteiger partial charge in [-0.05, 0) is 43.2 Å². The Bertz CT molecular complexity index is 866. The Morgan fingerprint density at radius 3 is 2.52 bits per heavy atom. The first-order valence-corrected chi connectivity index (χ1v) is 9.07. The van der Waals surface area contributed by atoms with E-state index in [2.05, 4.69) is 15.3 Å². The van der Waals surface area contributed by atoms with E-state index in [1.807, 2.05) is 73.5 Å². The third-order valence-corrected chi connectivity index (χ3v) is 4.28. The van der Waals surface area contributed by atoms with Gasteiger partial charge in [-0.3, -0.25) is 14.8 Å². The van der Waals surface area contributed by atoms with E-state index in [1.165, 1.54) is 0 Å². The highest BCUT2D eigenvalue weighted by molar-refractivity contribution is 5.93. The van der Waals surface area contributed by atoms with Gasteiger partial charge in [0.1, 0.15) is 5.69 Å². The number of rotatable bonds is 7. The summed E-state index contributed by atoms with van der Waals surface area (Å²) < 4.78 is 0. The predicted octanol–water partition coefficient (Wildman–Crippen LogP) is 4.14. The molecule has 1 N–H and O–H groups in total. The average Bonchev–Trinajstić information content (AvgIpc) is 2.71. The van der Waals surface area contributed by atoms with Gasteiger partial charge in [0, 0.05) is 43.4 Å². The molecule has 0 aliphatic heterocycles. The van der Waals surface area contributed by atoms with Gasteiger partial charge in [0.05, 0.1) is 0 Å². The van der Waals surface area contributed by atoms with E-state index in [0.717, 1.165) is 16.8 Å². The number of pyridine rings is 2. The molecule has 5 heteroatoms. The zero-order valence-corrected chi connectivity index (χ0v) is 15.7. The standard InChI is InChI=1S/C22H24N4O/c1-17(2)26(16-18-7-4-3-5-8-18)22(27)21-13-20(10-12-24-21)25-15-19-9-6-11-23-14-19/h3-14,17H,15-16H2,1-2H3,(H,24,25). The van der Waals surface area contributed by atoms with E-state index < -0.39 is 0 Å². The summed E-state index contributed by atoms with van der Waals surface area (Å²) in [5.41, 5.74) is 3.48. The zero-order chi connectivity index (χ0) is 19.1. The molecule has 0 saturated heterocycles. The van der Waals surface area contributed by atoms with Gasteiger partial charge in [0.25, 0.3) is 5.91 Å². The lowest BCUT2D eigenvalue weighted by Crippen LogP contribution is -2.36. The van der Waals surface area contributed by atoms with Gasteiger partial charge in [-0.25, -0.2) is 0 Å². The lowest BCUT2D eigenvalue weighted by molar-refractivity contribution is 0.0684. The first-order valence-electron chi connectivity index (χ1n) is 9.07. The van der Waals surface area contributed by atoms with E-state index in [0.29, 0.717) is 18.8 Å². The molecule has 27 heavy (non-hydrogen) atoms. The summed E-state index contributed by atoms with van der Waals surface area (Å²) in [4.78, 5) is 23.3. The maximum Gasteiger partial charge on any atom is 0.273 e. The second-order valence-corrected chi connectivity index (χ2v) is 6.66. The van der Waals surface area contributed by atoms with E-state index >= 15 is 0 Å². The van der Waals surface area contributed by atoms with Crippen molar-refractivity contribution in [3.05, 3.63) is 90.0 Å². The fraction of sp³-hybridized carbons (Fsp3) is 0.227. The Hall–Kier alpha value is -3.21. The highest BCUT2D eigenvalue weighted by Gasteiger charge is 2.20. The van der Waals surface area contributed by atoms with Crippen LogP contribution in [0.15, 0.2) is 73.2 Å². The van der Waals surface area contributed by atoms with Crippen LogP contribution in [0.4, 0.5) is 5.69 Å². The van der Waals surface area contributed by atoms with Crippen LogP contribution in [-0.4, -0.2) is 26.8 Å². The molecule has 0 aliphatic carbocycles. The van der Waals surface area contributed by atoms with Crippen LogP contribution in [0, 0.1) is 0 Å². The first kappa shape index (κ1) is 18.6. The van der Waals surface area contributed by atoms with Crippen molar-refractivity contribution in [3.8, 4) is 0 Å². The first-order chi connectivity index (χ1) is 13.1. The maximum atomic E-state index is 13.0. The molecule has 138 valence electrons. The van der Waals surface area contributed by atoms with Crippen molar-refractivity contribution in [3.63, 3.8) is 0 Å². The van der Waals surface area contributed by atoms with E-state index in [9.17, 15) is 4.79 Å². The Balaban J connectivity index is 1.72. The number of hydrogen-bond donors (Lipinski definition) is 1. The number of carbonyl (C=O) groups excluding carboxylic acids is 1. The van der Waals surface area contributed by atoms with Crippen LogP contribution >= 0.6 is 0 Å². The van der Waals surface area contributed by atoms with E-state index in [4.69, 9.17) is 0 Å². The molecule has 1 aromatic carbocycles. The van der Waals surface area contributed by atoms with Gasteiger partial charge >= 0.3 is 0 Å². The molecule has 0 bridgehead atoms. The summed E-state index contributed by atoms with van der Waals surface area (Å²) in [5.74, 6) is -0.0705. The Kier molecular flexibility index (Phi) is 6.15. The fourth-order valence-corrected chi connectivity index (χ4v) is 2.78. The normalized spacial score (nSPS) is 10.6. The molecule has 2 heterocycles. The fourth-order valence-electron chi connectivity index (χ4n) is 2.78. The van der Waals surface area contributed by atoms with E-state index in [1.54, 1.807) is 18.5 Å². The van der Waals surface area contributed by atoms with Crippen molar-refractivity contribution in [2.45, 2.75) is 33.0 Å². The second-order valence-electron chi connectivity index (χ2n) is 6.66. The average molecular weight is 360 g/mol. The maximum absolute atomic E-state index is 13.0. The molecule has 0 fully saturated rings. The number of nitrogens with one attached hydrogen (secondary N) is 1. The van der Waals surface area contributed by atoms with Gasteiger partial charge in [-0.15, -0.1) is 0 Å². The van der Waals surface area contributed by atoms with Crippen molar-refractivity contribution in [1.29, 1.82) is 0 Å². The monoisotopic (exact) mass is 360 g/mol. The predicted molar refractivity (Wildman–Crippen MR) is 107 cm³/mol. The number of benzene rings is 1. The second kappa shape index (κ2) is 8.94. The minimum atomic E-state index is -0.0705. The van der Waals surface area contributed by atoms with Crippen LogP contribution in [-0.2, 0) is 13.1 Å². The SMILES string of the molecule is CC(C)N(Cc1ccccc1)C(=O)c1cc(NCc2cccnc2)ccn1. The van der Waals surface area contributed by atoms with Crippen molar-refractivity contribution < 1.29 is 4.79 Å². The third kappa shape index (κ3) is 5.14.